The summed E-state index contributed by atoms with van der Waals surface area (Å²) in [7, 11) is 0. The summed E-state index contributed by atoms with van der Waals surface area (Å²) in [4.78, 5) is 8.27. The molecule has 0 N–H and O–H groups in total. The SMILES string of the molecule is CC(C)C/N=C/c1cccnc1. The fourth-order valence-corrected chi connectivity index (χ4v) is 0.821. The number of pyridine rings is 1. The average molecular weight is 162 g/mol. The van der Waals surface area contributed by atoms with Crippen molar-refractivity contribution in [2.24, 2.45) is 10.9 Å². The highest BCUT2D eigenvalue weighted by molar-refractivity contribution is 5.78. The van der Waals surface area contributed by atoms with Gasteiger partial charge in [-0.15, -0.1) is 0 Å². The second-order valence-corrected chi connectivity index (χ2v) is 3.17. The summed E-state index contributed by atoms with van der Waals surface area (Å²) in [6.07, 6.45) is 5.44. The monoisotopic (exact) mass is 162 g/mol. The molecule has 0 fully saturated rings. The van der Waals surface area contributed by atoms with Gasteiger partial charge in [0.05, 0.1) is 0 Å². The summed E-state index contributed by atoms with van der Waals surface area (Å²) in [5.41, 5.74) is 1.07. The van der Waals surface area contributed by atoms with Gasteiger partial charge in [0.15, 0.2) is 0 Å². The lowest BCUT2D eigenvalue weighted by Crippen LogP contribution is -1.92. The molecule has 0 radical (unpaired) electrons. The van der Waals surface area contributed by atoms with E-state index in [9.17, 15) is 0 Å². The van der Waals surface area contributed by atoms with Crippen LogP contribution in [0.4, 0.5) is 0 Å². The van der Waals surface area contributed by atoms with E-state index in [1.807, 2.05) is 24.5 Å². The standard InChI is InChI=1S/C10H14N2/c1-9(2)6-12-8-10-4-3-5-11-7-10/h3-5,7-9H,6H2,1-2H3/b12-8+. The van der Waals surface area contributed by atoms with Crippen molar-refractivity contribution in [3.8, 4) is 0 Å². The number of hydrogen-bond acceptors (Lipinski definition) is 2. The van der Waals surface area contributed by atoms with Crippen LogP contribution in [0.25, 0.3) is 0 Å². The molecule has 0 aliphatic heterocycles. The maximum Gasteiger partial charge on any atom is 0.0412 e. The first kappa shape index (κ1) is 8.91. The van der Waals surface area contributed by atoms with E-state index in [1.54, 1.807) is 6.20 Å². The number of aliphatic imine (C=N–C) groups is 1. The van der Waals surface area contributed by atoms with E-state index in [1.165, 1.54) is 0 Å². The van der Waals surface area contributed by atoms with Crippen LogP contribution in [0, 0.1) is 5.92 Å². The number of rotatable bonds is 3. The van der Waals surface area contributed by atoms with Gasteiger partial charge in [0.2, 0.25) is 0 Å². The molecule has 0 aliphatic rings. The zero-order valence-electron chi connectivity index (χ0n) is 7.57. The summed E-state index contributed by atoms with van der Waals surface area (Å²) >= 11 is 0. The molecule has 0 aromatic carbocycles. The van der Waals surface area contributed by atoms with Crippen LogP contribution in [0.15, 0.2) is 29.5 Å². The Morgan fingerprint density at radius 3 is 3.00 bits per heavy atom. The van der Waals surface area contributed by atoms with Crippen LogP contribution in [-0.4, -0.2) is 17.7 Å². The molecular weight excluding hydrogens is 148 g/mol. The topological polar surface area (TPSA) is 25.2 Å². The van der Waals surface area contributed by atoms with Crippen molar-refractivity contribution in [3.05, 3.63) is 30.1 Å². The molecule has 0 unspecified atom stereocenters. The summed E-state index contributed by atoms with van der Waals surface area (Å²) in [6, 6.07) is 3.91. The zero-order valence-corrected chi connectivity index (χ0v) is 7.57. The number of nitrogens with zero attached hydrogens (tertiary/aromatic N) is 2. The molecule has 2 heteroatoms. The van der Waals surface area contributed by atoms with Gasteiger partial charge in [-0.05, 0) is 12.0 Å². The van der Waals surface area contributed by atoms with E-state index in [2.05, 4.69) is 23.8 Å². The van der Waals surface area contributed by atoms with Gasteiger partial charge in [0.25, 0.3) is 0 Å². The van der Waals surface area contributed by atoms with Gasteiger partial charge in [-0.25, -0.2) is 0 Å². The van der Waals surface area contributed by atoms with E-state index in [0.29, 0.717) is 5.92 Å². The van der Waals surface area contributed by atoms with Gasteiger partial charge in [0, 0.05) is 30.7 Å². The molecule has 1 aromatic rings. The second kappa shape index (κ2) is 4.65. The van der Waals surface area contributed by atoms with Crippen LogP contribution in [0.2, 0.25) is 0 Å². The van der Waals surface area contributed by atoms with Gasteiger partial charge in [-0.1, -0.05) is 19.9 Å². The molecule has 1 rings (SSSR count). The molecular formula is C10H14N2. The van der Waals surface area contributed by atoms with E-state index in [4.69, 9.17) is 0 Å². The highest BCUT2D eigenvalue weighted by Crippen LogP contribution is 1.94. The van der Waals surface area contributed by atoms with Crippen LogP contribution >= 0.6 is 0 Å². The second-order valence-electron chi connectivity index (χ2n) is 3.17. The summed E-state index contributed by atoms with van der Waals surface area (Å²) in [5.74, 6) is 0.623. The minimum absolute atomic E-state index is 0.623. The quantitative estimate of drug-likeness (QED) is 0.625. The molecule has 0 bridgehead atoms. The van der Waals surface area contributed by atoms with Gasteiger partial charge in [0.1, 0.15) is 0 Å². The van der Waals surface area contributed by atoms with Crippen molar-refractivity contribution in [1.82, 2.24) is 4.98 Å². The Morgan fingerprint density at radius 1 is 1.58 bits per heavy atom. The van der Waals surface area contributed by atoms with Crippen molar-refractivity contribution >= 4 is 6.21 Å². The molecule has 0 spiro atoms. The van der Waals surface area contributed by atoms with Crippen molar-refractivity contribution < 1.29 is 0 Å². The fraction of sp³-hybridized carbons (Fsp3) is 0.400. The van der Waals surface area contributed by atoms with Crippen molar-refractivity contribution in [1.29, 1.82) is 0 Å². The number of aromatic nitrogens is 1. The molecule has 2 nitrogen and oxygen atoms in total. The molecule has 0 aliphatic carbocycles. The normalized spacial score (nSPS) is 11.2. The highest BCUT2D eigenvalue weighted by atomic mass is 14.7. The predicted octanol–water partition coefficient (Wildman–Crippen LogP) is 2.16. The van der Waals surface area contributed by atoms with Crippen LogP contribution in [-0.2, 0) is 0 Å². The zero-order chi connectivity index (χ0) is 8.81. The molecule has 1 aromatic heterocycles. The Kier molecular flexibility index (Phi) is 3.45. The predicted molar refractivity (Wildman–Crippen MR) is 51.5 cm³/mol. The molecule has 0 atom stereocenters. The van der Waals surface area contributed by atoms with Crippen LogP contribution in [0.1, 0.15) is 19.4 Å². The average Bonchev–Trinajstić information content (AvgIpc) is 2.05. The van der Waals surface area contributed by atoms with E-state index >= 15 is 0 Å². The van der Waals surface area contributed by atoms with Crippen molar-refractivity contribution in [2.75, 3.05) is 6.54 Å². The Bertz CT molecular complexity index is 239. The minimum atomic E-state index is 0.623. The lowest BCUT2D eigenvalue weighted by atomic mass is 10.2. The molecule has 12 heavy (non-hydrogen) atoms. The maximum atomic E-state index is 4.28. The summed E-state index contributed by atoms with van der Waals surface area (Å²) < 4.78 is 0. The highest BCUT2D eigenvalue weighted by Gasteiger charge is 1.88. The van der Waals surface area contributed by atoms with Gasteiger partial charge < -0.3 is 0 Å². The van der Waals surface area contributed by atoms with Crippen LogP contribution < -0.4 is 0 Å². The first-order valence-corrected chi connectivity index (χ1v) is 4.19. The number of hydrogen-bond donors (Lipinski definition) is 0. The first-order valence-electron chi connectivity index (χ1n) is 4.19. The van der Waals surface area contributed by atoms with E-state index in [-0.39, 0.29) is 0 Å². The Labute approximate surface area is 73.4 Å². The maximum absolute atomic E-state index is 4.28. The third-order valence-corrected chi connectivity index (χ3v) is 1.40. The minimum Gasteiger partial charge on any atom is -0.292 e. The van der Waals surface area contributed by atoms with Crippen molar-refractivity contribution in [2.45, 2.75) is 13.8 Å². The lowest BCUT2D eigenvalue weighted by Gasteiger charge is -1.96. The Balaban J connectivity index is 2.47. The van der Waals surface area contributed by atoms with Gasteiger partial charge >= 0.3 is 0 Å². The van der Waals surface area contributed by atoms with Gasteiger partial charge in [-0.2, -0.15) is 0 Å². The van der Waals surface area contributed by atoms with E-state index in [0.717, 1.165) is 12.1 Å². The Hall–Kier alpha value is -1.18. The molecule has 0 amide bonds. The van der Waals surface area contributed by atoms with Crippen molar-refractivity contribution in [3.63, 3.8) is 0 Å². The first-order chi connectivity index (χ1) is 5.79. The van der Waals surface area contributed by atoms with Crippen LogP contribution in [0.5, 0.6) is 0 Å². The van der Waals surface area contributed by atoms with Crippen LogP contribution in [0.3, 0.4) is 0 Å². The third-order valence-electron chi connectivity index (χ3n) is 1.40. The molecule has 0 saturated heterocycles. The summed E-state index contributed by atoms with van der Waals surface area (Å²) in [6.45, 7) is 5.19. The third kappa shape index (κ3) is 3.28. The largest absolute Gasteiger partial charge is 0.292 e. The Morgan fingerprint density at radius 2 is 2.42 bits per heavy atom. The molecule has 0 saturated carbocycles. The lowest BCUT2D eigenvalue weighted by molar-refractivity contribution is 0.667. The van der Waals surface area contributed by atoms with E-state index < -0.39 is 0 Å². The summed E-state index contributed by atoms with van der Waals surface area (Å²) in [5, 5.41) is 0. The fourth-order valence-electron chi connectivity index (χ4n) is 0.821. The molecule has 1 heterocycles. The van der Waals surface area contributed by atoms with Gasteiger partial charge in [-0.3, -0.25) is 9.98 Å². The smallest absolute Gasteiger partial charge is 0.0412 e. The molecule has 64 valence electrons.